The van der Waals surface area contributed by atoms with E-state index in [9.17, 15) is 105 Å². The van der Waals surface area contributed by atoms with E-state index in [4.69, 9.17) is 72.3 Å². The molecule has 5 fully saturated rings. The molecule has 38 nitrogen and oxygen atoms in total. The lowest BCUT2D eigenvalue weighted by atomic mass is 9.96. The average Bonchev–Trinajstić information content (AvgIpc) is 0.828. The summed E-state index contributed by atoms with van der Waals surface area (Å²) in [6, 6.07) is 33.6. The number of anilines is 2. The zero-order valence-electron chi connectivity index (χ0n) is 62.3. The summed E-state index contributed by atoms with van der Waals surface area (Å²) >= 11 is 5.22. The van der Waals surface area contributed by atoms with Crippen molar-refractivity contribution < 1.29 is 155 Å². The molecule has 0 saturated carbocycles. The number of aryl methyl sites for hydroxylation is 4. The highest BCUT2D eigenvalue weighted by Gasteiger charge is 2.49. The lowest BCUT2D eigenvalue weighted by molar-refractivity contribution is -0.252. The van der Waals surface area contributed by atoms with Crippen LogP contribution in [0.5, 0.6) is 0 Å². The predicted octanol–water partition coefficient (Wildman–Crippen LogP) is -6.45. The maximum absolute atomic E-state index is 12.1. The molecule has 29 N–H and O–H groups in total. The molecule has 5 saturated heterocycles. The minimum atomic E-state index is -1.55. The zero-order chi connectivity index (χ0) is 85.4. The van der Waals surface area contributed by atoms with Gasteiger partial charge in [-0.15, -0.1) is 0 Å². The first-order valence-corrected chi connectivity index (χ1v) is 36.0. The van der Waals surface area contributed by atoms with E-state index in [0.717, 1.165) is 22.3 Å². The molecule has 39 heteroatoms. The molecule has 0 aliphatic carbocycles. The molecule has 0 radical (unpaired) electrons. The first-order valence-electron chi connectivity index (χ1n) is 35.6. The third-order valence-electron chi connectivity index (χ3n) is 18.5. The van der Waals surface area contributed by atoms with Crippen LogP contribution in [0.4, 0.5) is 11.4 Å². The highest BCUT2D eigenvalue weighted by Crippen LogP contribution is 2.26. The first kappa shape index (κ1) is 95.1. The fraction of sp³-hybridized carbons (Fsp3) is 0.447. The Kier molecular flexibility index (Phi) is 37.3. The molecule has 11 rings (SSSR count). The van der Waals surface area contributed by atoms with E-state index in [1.807, 2.05) is 45.9 Å². The van der Waals surface area contributed by atoms with E-state index in [1.54, 1.807) is 91.0 Å². The second-order valence-electron chi connectivity index (χ2n) is 27.1. The number of benzene rings is 6. The van der Waals surface area contributed by atoms with Gasteiger partial charge in [-0.05, 0) is 130 Å². The van der Waals surface area contributed by atoms with E-state index in [1.165, 1.54) is 36.4 Å². The van der Waals surface area contributed by atoms with Crippen LogP contribution in [0, 0.1) is 27.7 Å². The van der Waals surface area contributed by atoms with Crippen LogP contribution in [0.25, 0.3) is 0 Å². The van der Waals surface area contributed by atoms with Crippen molar-refractivity contribution in [3.8, 4) is 0 Å². The largest absolute Gasteiger partial charge is 0.399 e. The Morgan fingerprint density at radius 2 is 0.513 bits per heavy atom. The summed E-state index contributed by atoms with van der Waals surface area (Å²) in [7, 11) is 0. The average molecular weight is 1640 g/mol. The number of carbonyl (C=O) groups is 6. The van der Waals surface area contributed by atoms with Crippen molar-refractivity contribution in [3.63, 3.8) is 0 Å². The Bertz CT molecular complexity index is 3750. The Hall–Kier alpha value is -8.77. The van der Waals surface area contributed by atoms with Gasteiger partial charge in [0.05, 0.1) is 33.0 Å². The van der Waals surface area contributed by atoms with E-state index in [2.05, 4.69) is 26.6 Å². The lowest BCUT2D eigenvalue weighted by Crippen LogP contribution is -2.64. The third-order valence-corrected chi connectivity index (χ3v) is 18.7. The summed E-state index contributed by atoms with van der Waals surface area (Å²) < 4.78 is 24.8. The number of hydrogen-bond donors (Lipinski definition) is 27. The van der Waals surface area contributed by atoms with Gasteiger partial charge in [0.1, 0.15) is 122 Å². The molecule has 5 unspecified atom stereocenters. The van der Waals surface area contributed by atoms with Gasteiger partial charge in [-0.25, -0.2) is 0 Å². The Morgan fingerprint density at radius 3 is 0.748 bits per heavy atom. The number of nitrogens with one attached hydrogen (secondary N) is 5. The molecule has 632 valence electrons. The molecule has 25 atom stereocenters. The van der Waals surface area contributed by atoms with Gasteiger partial charge >= 0.3 is 0 Å². The number of ether oxygens (including phenoxy) is 5. The number of nitrogen functional groups attached to an aromatic ring is 2. The zero-order valence-corrected chi connectivity index (χ0v) is 63.0. The van der Waals surface area contributed by atoms with Crippen LogP contribution in [0.1, 0.15) is 84.4 Å². The molecule has 0 spiro atoms. The number of aliphatic hydroxyl groups excluding tert-OH is 20. The molecule has 5 aliphatic rings. The lowest BCUT2D eigenvalue weighted by Gasteiger charge is -2.40. The van der Waals surface area contributed by atoms with Crippen molar-refractivity contribution in [2.75, 3.05) is 44.5 Å². The summed E-state index contributed by atoms with van der Waals surface area (Å²) in [6.07, 6.45) is -27.5. The highest BCUT2D eigenvalue weighted by atomic mass is 35.5. The third kappa shape index (κ3) is 26.6. The molecule has 0 bridgehead atoms. The van der Waals surface area contributed by atoms with Gasteiger partial charge < -0.3 is 164 Å². The van der Waals surface area contributed by atoms with Gasteiger partial charge in [0, 0.05) is 44.8 Å². The van der Waals surface area contributed by atoms with Crippen LogP contribution < -0.4 is 38.1 Å². The van der Waals surface area contributed by atoms with Crippen molar-refractivity contribution in [1.82, 2.24) is 26.6 Å². The second-order valence-corrected chi connectivity index (χ2v) is 27.5. The number of amides is 5. The fourth-order valence-corrected chi connectivity index (χ4v) is 11.8. The number of carbonyl (C=O) groups excluding carboxylic acids is 6. The molecule has 6 aromatic rings. The monoisotopic (exact) mass is 1640 g/mol. The van der Waals surface area contributed by atoms with Crippen LogP contribution in [0.3, 0.4) is 0 Å². The van der Waals surface area contributed by atoms with Gasteiger partial charge in [-0.3, -0.25) is 28.8 Å². The van der Waals surface area contributed by atoms with E-state index >= 15 is 0 Å². The van der Waals surface area contributed by atoms with E-state index in [0.29, 0.717) is 33.6 Å². The summed E-state index contributed by atoms with van der Waals surface area (Å²) in [6.45, 7) is 4.79. The Morgan fingerprint density at radius 1 is 0.287 bits per heavy atom. The molecule has 6 aromatic carbocycles. The minimum Gasteiger partial charge on any atom is -0.399 e. The van der Waals surface area contributed by atoms with Crippen molar-refractivity contribution >= 4 is 57.8 Å². The second kappa shape index (κ2) is 45.1. The number of aliphatic hydroxyl groups is 20. The number of halogens is 1. The topological polar surface area (TPSA) is 665 Å². The smallest absolute Gasteiger partial charge is 0.252 e. The molecular formula is C76H100ClN7O31. The van der Waals surface area contributed by atoms with Gasteiger partial charge in [0.25, 0.3) is 34.8 Å². The van der Waals surface area contributed by atoms with Crippen molar-refractivity contribution in [3.05, 3.63) is 201 Å². The number of nitrogens with two attached hydrogens (primary N) is 2. The maximum atomic E-state index is 12.1. The molecule has 5 aliphatic heterocycles. The number of hydrogen-bond acceptors (Lipinski definition) is 33. The van der Waals surface area contributed by atoms with E-state index in [-0.39, 0.29) is 11.1 Å². The van der Waals surface area contributed by atoms with E-state index < -0.39 is 221 Å². The summed E-state index contributed by atoms with van der Waals surface area (Å²) in [5.41, 5.74) is 18.1. The quantitative estimate of drug-likeness (QED) is 0.0316. The van der Waals surface area contributed by atoms with Crippen molar-refractivity contribution in [2.24, 2.45) is 0 Å². The van der Waals surface area contributed by atoms with Gasteiger partial charge in [-0.1, -0.05) is 76.9 Å². The molecule has 5 heterocycles. The standard InChI is InChI=1S/3C14H19NO6.2C13H18N2O6.C8H7ClO/c2*1-7-2-4-8(5-3-7)13(19)15-10-12(18)11(17)9(6-16)21-14(10)20;1-7-3-2-4-8(5-7)13(19)15-10-12(18)11(17)9(6-16)21-14(10)20;14-7-3-1-6(2-4-7)12(19)15-9-11(18)10(17)8(5-16)21-13(9)20;14-7-3-1-2-6(4-7)12(19)15-9-11(18)10(17)8(5-16)21-13(9)20;1-6-2-4-7(5-3-6)8(9)10/h3*2-5,9-12,14,16-18,20H,6H2,1H3,(H,15,19);2*1-4,8-11,13,16-18,20H,5,14H2,(H,15,19);2-5H,1H3/t3*9-,10-,11-,12-,14?;2*8-,9-,10-,11-,13?;/m11111./s1. The van der Waals surface area contributed by atoms with Gasteiger partial charge in [-0.2, -0.15) is 0 Å². The first-order chi connectivity index (χ1) is 54.4. The molecule has 0 aromatic heterocycles. The van der Waals surface area contributed by atoms with Crippen LogP contribution in [-0.4, -0.2) is 323 Å². The Labute approximate surface area is 662 Å². The fourth-order valence-electron chi connectivity index (χ4n) is 11.6. The van der Waals surface area contributed by atoms with Crippen molar-refractivity contribution in [1.29, 1.82) is 0 Å². The Balaban J connectivity index is 0.000000217. The highest BCUT2D eigenvalue weighted by molar-refractivity contribution is 6.67. The molecule has 5 amide bonds. The van der Waals surface area contributed by atoms with Crippen LogP contribution in [0.15, 0.2) is 146 Å². The normalized spacial score (nSPS) is 30.7. The van der Waals surface area contributed by atoms with Crippen molar-refractivity contribution in [2.45, 2.75) is 181 Å². The molecule has 115 heavy (non-hydrogen) atoms. The van der Waals surface area contributed by atoms with Gasteiger partial charge in [0.2, 0.25) is 0 Å². The maximum Gasteiger partial charge on any atom is 0.252 e. The van der Waals surface area contributed by atoms with Crippen LogP contribution in [0.2, 0.25) is 0 Å². The minimum absolute atomic E-state index is 0.244. The van der Waals surface area contributed by atoms with Crippen LogP contribution in [-0.2, 0) is 23.7 Å². The SMILES string of the molecule is Cc1ccc(C(=O)Cl)cc1.Cc1ccc(C(=O)N[C@H]2C(O)O[C@H](CO)[C@@H](O)[C@@H]2O)cc1.Cc1ccc(C(=O)N[C@H]2C(O)O[C@H](CO)[C@@H](O)[C@@H]2O)cc1.Cc1cccc(C(=O)N[C@H]2C(O)O[C@H](CO)[C@@H](O)[C@@H]2O)c1.Nc1ccc(C(=O)N[C@H]2C(O)O[C@H](CO)[C@@H](O)[C@@H]2O)cc1.Nc1cccc(C(=O)N[C@H]2C(O)O[C@H](CO)[C@@H](O)[C@@H]2O)c1. The van der Waals surface area contributed by atoms with Gasteiger partial charge in [0.15, 0.2) is 31.5 Å². The summed E-state index contributed by atoms with van der Waals surface area (Å²) in [5, 5.41) is 204. The van der Waals surface area contributed by atoms with Crippen LogP contribution >= 0.6 is 11.6 Å². The number of rotatable bonds is 16. The molecular weight excluding hydrogens is 1540 g/mol. The summed E-state index contributed by atoms with van der Waals surface area (Å²) in [4.78, 5) is 70.8. The predicted molar refractivity (Wildman–Crippen MR) is 403 cm³/mol. The summed E-state index contributed by atoms with van der Waals surface area (Å²) in [5.74, 6) is -2.65.